The van der Waals surface area contributed by atoms with Crippen molar-refractivity contribution in [1.29, 1.82) is 0 Å². The van der Waals surface area contributed by atoms with Gasteiger partial charge in [0.2, 0.25) is 5.91 Å². The van der Waals surface area contributed by atoms with Crippen molar-refractivity contribution in [2.45, 2.75) is 38.3 Å². The van der Waals surface area contributed by atoms with Gasteiger partial charge in [0, 0.05) is 49.4 Å². The number of rotatable bonds is 6. The summed E-state index contributed by atoms with van der Waals surface area (Å²) >= 11 is 0. The zero-order chi connectivity index (χ0) is 20.8. The SMILES string of the molecule is O=Cc1ccc(N2CCC(C(=O)N[C@@H]3CCCN(Cc4ccccc4)C3)CC2)cc1. The van der Waals surface area contributed by atoms with E-state index in [1.165, 1.54) is 5.56 Å². The van der Waals surface area contributed by atoms with Crippen molar-refractivity contribution in [2.75, 3.05) is 31.1 Å². The molecule has 2 saturated heterocycles. The van der Waals surface area contributed by atoms with Crippen molar-refractivity contribution < 1.29 is 9.59 Å². The number of nitrogens with one attached hydrogen (secondary N) is 1. The molecule has 0 spiro atoms. The molecule has 4 rings (SSSR count). The molecule has 5 nitrogen and oxygen atoms in total. The predicted octanol–water partition coefficient (Wildman–Crippen LogP) is 3.50. The highest BCUT2D eigenvalue weighted by atomic mass is 16.2. The summed E-state index contributed by atoms with van der Waals surface area (Å²) in [5.41, 5.74) is 3.16. The average Bonchev–Trinajstić information content (AvgIpc) is 2.80. The number of anilines is 1. The first-order valence-corrected chi connectivity index (χ1v) is 11.1. The van der Waals surface area contributed by atoms with Crippen LogP contribution in [0.3, 0.4) is 0 Å². The highest BCUT2D eigenvalue weighted by Gasteiger charge is 2.28. The summed E-state index contributed by atoms with van der Waals surface area (Å²) in [5, 5.41) is 3.34. The lowest BCUT2D eigenvalue weighted by Gasteiger charge is -2.36. The quantitative estimate of drug-likeness (QED) is 0.748. The zero-order valence-electron chi connectivity index (χ0n) is 17.5. The summed E-state index contributed by atoms with van der Waals surface area (Å²) < 4.78 is 0. The first-order chi connectivity index (χ1) is 14.7. The minimum absolute atomic E-state index is 0.0972. The van der Waals surface area contributed by atoms with Gasteiger partial charge in [-0.25, -0.2) is 0 Å². The predicted molar refractivity (Wildman–Crippen MR) is 120 cm³/mol. The normalized spacial score (nSPS) is 20.7. The van der Waals surface area contributed by atoms with Crippen molar-refractivity contribution >= 4 is 17.9 Å². The van der Waals surface area contributed by atoms with Crippen LogP contribution in [-0.4, -0.2) is 49.3 Å². The maximum atomic E-state index is 12.9. The lowest BCUT2D eigenvalue weighted by Crippen LogP contribution is -2.50. The number of amides is 1. The van der Waals surface area contributed by atoms with Crippen molar-refractivity contribution in [3.05, 3.63) is 65.7 Å². The summed E-state index contributed by atoms with van der Waals surface area (Å²) in [6.07, 6.45) is 4.82. The molecule has 1 N–H and O–H groups in total. The van der Waals surface area contributed by atoms with Crippen LogP contribution in [-0.2, 0) is 11.3 Å². The molecular formula is C25H31N3O2. The molecule has 0 saturated carbocycles. The lowest BCUT2D eigenvalue weighted by atomic mass is 9.94. The van der Waals surface area contributed by atoms with Gasteiger partial charge in [-0.1, -0.05) is 30.3 Å². The molecule has 2 aromatic rings. The van der Waals surface area contributed by atoms with E-state index in [9.17, 15) is 9.59 Å². The molecule has 2 aromatic carbocycles. The van der Waals surface area contributed by atoms with E-state index in [0.29, 0.717) is 5.56 Å². The first-order valence-electron chi connectivity index (χ1n) is 11.1. The van der Waals surface area contributed by atoms with Gasteiger partial charge in [-0.3, -0.25) is 14.5 Å². The van der Waals surface area contributed by atoms with Crippen LogP contribution in [0.4, 0.5) is 5.69 Å². The van der Waals surface area contributed by atoms with E-state index in [0.717, 1.165) is 70.4 Å². The molecule has 0 aliphatic carbocycles. The number of hydrogen-bond acceptors (Lipinski definition) is 4. The summed E-state index contributed by atoms with van der Waals surface area (Å²) in [5.74, 6) is 0.317. The third-order valence-electron chi connectivity index (χ3n) is 6.36. The van der Waals surface area contributed by atoms with E-state index in [4.69, 9.17) is 0 Å². The van der Waals surface area contributed by atoms with Gasteiger partial charge >= 0.3 is 0 Å². The highest BCUT2D eigenvalue weighted by molar-refractivity contribution is 5.79. The summed E-state index contributed by atoms with van der Waals surface area (Å²) in [7, 11) is 0. The molecule has 1 atom stereocenters. The Morgan fingerprint density at radius 1 is 0.967 bits per heavy atom. The number of benzene rings is 2. The van der Waals surface area contributed by atoms with E-state index in [1.807, 2.05) is 30.3 Å². The lowest BCUT2D eigenvalue weighted by molar-refractivity contribution is -0.126. The number of piperidine rings is 2. The number of aldehydes is 1. The number of hydrogen-bond donors (Lipinski definition) is 1. The second-order valence-corrected chi connectivity index (χ2v) is 8.54. The number of carbonyl (C=O) groups excluding carboxylic acids is 2. The van der Waals surface area contributed by atoms with Gasteiger partial charge < -0.3 is 10.2 Å². The van der Waals surface area contributed by atoms with Crippen LogP contribution in [0.25, 0.3) is 0 Å². The minimum Gasteiger partial charge on any atom is -0.371 e. The first kappa shape index (κ1) is 20.6. The van der Waals surface area contributed by atoms with Gasteiger partial charge in [0.05, 0.1) is 0 Å². The Labute approximate surface area is 179 Å². The van der Waals surface area contributed by atoms with Crippen LogP contribution < -0.4 is 10.2 Å². The molecule has 0 aromatic heterocycles. The van der Waals surface area contributed by atoms with Crippen LogP contribution in [0.5, 0.6) is 0 Å². The summed E-state index contributed by atoms with van der Waals surface area (Å²) in [6.45, 7) is 4.74. The van der Waals surface area contributed by atoms with Gasteiger partial charge in [-0.15, -0.1) is 0 Å². The molecule has 1 amide bonds. The molecule has 2 fully saturated rings. The third kappa shape index (κ3) is 5.28. The van der Waals surface area contributed by atoms with E-state index >= 15 is 0 Å². The molecule has 30 heavy (non-hydrogen) atoms. The van der Waals surface area contributed by atoms with Crippen molar-refractivity contribution in [3.63, 3.8) is 0 Å². The Kier molecular flexibility index (Phi) is 6.80. The smallest absolute Gasteiger partial charge is 0.223 e. The van der Waals surface area contributed by atoms with Gasteiger partial charge in [0.25, 0.3) is 0 Å². The molecule has 2 aliphatic heterocycles. The molecule has 5 heteroatoms. The Bertz CT molecular complexity index is 829. The third-order valence-corrected chi connectivity index (χ3v) is 6.36. The summed E-state index contributed by atoms with van der Waals surface area (Å²) in [4.78, 5) is 28.5. The molecular weight excluding hydrogens is 374 g/mol. The Morgan fingerprint density at radius 3 is 2.40 bits per heavy atom. The highest BCUT2D eigenvalue weighted by Crippen LogP contribution is 2.24. The molecule has 158 valence electrons. The zero-order valence-corrected chi connectivity index (χ0v) is 17.5. The molecule has 0 bridgehead atoms. The minimum atomic E-state index is 0.0972. The van der Waals surface area contributed by atoms with Gasteiger partial charge in [-0.05, 0) is 62.1 Å². The molecule has 2 heterocycles. The average molecular weight is 406 g/mol. The van der Waals surface area contributed by atoms with Gasteiger partial charge in [0.15, 0.2) is 0 Å². The monoisotopic (exact) mass is 405 g/mol. The molecule has 0 radical (unpaired) electrons. The van der Waals surface area contributed by atoms with E-state index in [2.05, 4.69) is 39.4 Å². The van der Waals surface area contributed by atoms with Crippen LogP contribution in [0.2, 0.25) is 0 Å². The van der Waals surface area contributed by atoms with E-state index in [1.54, 1.807) is 0 Å². The number of likely N-dealkylation sites (tertiary alicyclic amines) is 1. The van der Waals surface area contributed by atoms with Gasteiger partial charge in [-0.2, -0.15) is 0 Å². The van der Waals surface area contributed by atoms with Crippen LogP contribution >= 0.6 is 0 Å². The maximum Gasteiger partial charge on any atom is 0.223 e. The Balaban J connectivity index is 1.24. The summed E-state index contributed by atoms with van der Waals surface area (Å²) in [6, 6.07) is 18.5. The van der Waals surface area contributed by atoms with Crippen molar-refractivity contribution in [3.8, 4) is 0 Å². The van der Waals surface area contributed by atoms with Crippen LogP contribution in [0, 0.1) is 5.92 Å². The van der Waals surface area contributed by atoms with Crippen LogP contribution in [0.1, 0.15) is 41.6 Å². The van der Waals surface area contributed by atoms with Crippen molar-refractivity contribution in [2.24, 2.45) is 5.92 Å². The Morgan fingerprint density at radius 2 is 1.70 bits per heavy atom. The largest absolute Gasteiger partial charge is 0.371 e. The fourth-order valence-corrected chi connectivity index (χ4v) is 4.64. The molecule has 0 unspecified atom stereocenters. The van der Waals surface area contributed by atoms with Gasteiger partial charge in [0.1, 0.15) is 6.29 Å². The standard InChI is InChI=1S/C25H31N3O2/c29-19-21-8-10-24(11-9-21)28-15-12-22(13-16-28)25(30)26-23-7-4-14-27(18-23)17-20-5-2-1-3-6-20/h1-3,5-6,8-11,19,22-23H,4,7,12-18H2,(H,26,30)/t23-/m1/s1. The van der Waals surface area contributed by atoms with E-state index in [-0.39, 0.29) is 17.9 Å². The number of nitrogens with zero attached hydrogens (tertiary/aromatic N) is 2. The van der Waals surface area contributed by atoms with E-state index < -0.39 is 0 Å². The number of carbonyl (C=O) groups is 2. The maximum absolute atomic E-state index is 12.9. The second kappa shape index (κ2) is 9.90. The topological polar surface area (TPSA) is 52.7 Å². The molecule has 2 aliphatic rings. The fourth-order valence-electron chi connectivity index (χ4n) is 4.64. The Hall–Kier alpha value is -2.66. The van der Waals surface area contributed by atoms with Crippen LogP contribution in [0.15, 0.2) is 54.6 Å². The van der Waals surface area contributed by atoms with Crippen molar-refractivity contribution in [1.82, 2.24) is 10.2 Å². The fraction of sp³-hybridized carbons (Fsp3) is 0.440. The second-order valence-electron chi connectivity index (χ2n) is 8.54.